The van der Waals surface area contributed by atoms with E-state index in [1.165, 1.54) is 12.8 Å². The molecule has 1 atom stereocenters. The van der Waals surface area contributed by atoms with Crippen molar-refractivity contribution in [3.8, 4) is 6.07 Å². The van der Waals surface area contributed by atoms with Crippen molar-refractivity contribution < 1.29 is 0 Å². The number of anilines is 1. The van der Waals surface area contributed by atoms with Crippen molar-refractivity contribution >= 4 is 5.82 Å². The predicted octanol–water partition coefficient (Wildman–Crippen LogP) is 0.406. The molecule has 2 rings (SSSR count). The Morgan fingerprint density at radius 3 is 3.13 bits per heavy atom. The van der Waals surface area contributed by atoms with Crippen molar-refractivity contribution in [3.05, 3.63) is 11.3 Å². The standard InChI is InChI=1S/C10H15N5/c11-5-8-9(14-15-10(8)12)4-7-2-1-3-13-6-7/h7,13H,1-4,6H2,(H3,12,14,15). The second-order valence-corrected chi connectivity index (χ2v) is 3.99. The summed E-state index contributed by atoms with van der Waals surface area (Å²) in [5, 5.41) is 19.0. The number of nitriles is 1. The van der Waals surface area contributed by atoms with Gasteiger partial charge in [0.1, 0.15) is 11.6 Å². The van der Waals surface area contributed by atoms with Crippen LogP contribution in [0.1, 0.15) is 24.1 Å². The Morgan fingerprint density at radius 1 is 1.60 bits per heavy atom. The summed E-state index contributed by atoms with van der Waals surface area (Å²) in [6.45, 7) is 2.12. The van der Waals surface area contributed by atoms with Crippen LogP contribution in [0.25, 0.3) is 0 Å². The number of H-pyrrole nitrogens is 1. The second kappa shape index (κ2) is 4.32. The third kappa shape index (κ3) is 2.10. The Morgan fingerprint density at radius 2 is 2.47 bits per heavy atom. The van der Waals surface area contributed by atoms with E-state index in [0.717, 1.165) is 25.2 Å². The minimum Gasteiger partial charge on any atom is -0.381 e. The van der Waals surface area contributed by atoms with Gasteiger partial charge in [0, 0.05) is 0 Å². The maximum Gasteiger partial charge on any atom is 0.163 e. The van der Waals surface area contributed by atoms with Crippen molar-refractivity contribution in [2.75, 3.05) is 18.8 Å². The van der Waals surface area contributed by atoms with Crippen molar-refractivity contribution in [1.82, 2.24) is 15.5 Å². The number of nitrogens with two attached hydrogens (primary N) is 1. The Bertz CT molecular complexity index is 370. The van der Waals surface area contributed by atoms with E-state index in [2.05, 4.69) is 21.6 Å². The number of nitrogen functional groups attached to an aromatic ring is 1. The van der Waals surface area contributed by atoms with Crippen LogP contribution in [-0.2, 0) is 6.42 Å². The minimum absolute atomic E-state index is 0.316. The lowest BCUT2D eigenvalue weighted by molar-refractivity contribution is 0.373. The van der Waals surface area contributed by atoms with Gasteiger partial charge in [-0.25, -0.2) is 0 Å². The van der Waals surface area contributed by atoms with Crippen molar-refractivity contribution in [1.29, 1.82) is 5.26 Å². The second-order valence-electron chi connectivity index (χ2n) is 3.99. The first kappa shape index (κ1) is 9.99. The fourth-order valence-electron chi connectivity index (χ4n) is 2.05. The van der Waals surface area contributed by atoms with Crippen LogP contribution >= 0.6 is 0 Å². The van der Waals surface area contributed by atoms with Crippen LogP contribution in [0.5, 0.6) is 0 Å². The number of hydrogen-bond acceptors (Lipinski definition) is 4. The van der Waals surface area contributed by atoms with Gasteiger partial charge in [-0.2, -0.15) is 10.4 Å². The average molecular weight is 205 g/mol. The van der Waals surface area contributed by atoms with Crippen LogP contribution in [-0.4, -0.2) is 23.3 Å². The van der Waals surface area contributed by atoms with Crippen LogP contribution < -0.4 is 11.1 Å². The quantitative estimate of drug-likeness (QED) is 0.652. The SMILES string of the molecule is N#Cc1c(N)n[nH]c1CC1CCCNC1. The van der Waals surface area contributed by atoms with Crippen LogP contribution in [0.4, 0.5) is 5.82 Å². The van der Waals surface area contributed by atoms with E-state index in [1.54, 1.807) is 0 Å². The molecule has 4 N–H and O–H groups in total. The summed E-state index contributed by atoms with van der Waals surface area (Å²) in [6.07, 6.45) is 3.27. The topological polar surface area (TPSA) is 90.5 Å². The molecule has 5 nitrogen and oxygen atoms in total. The molecular formula is C10H15N5. The van der Waals surface area contributed by atoms with E-state index < -0.39 is 0 Å². The van der Waals surface area contributed by atoms with Crippen molar-refractivity contribution in [2.45, 2.75) is 19.3 Å². The molecule has 0 bridgehead atoms. The number of rotatable bonds is 2. The molecule has 1 unspecified atom stereocenters. The van der Waals surface area contributed by atoms with E-state index >= 15 is 0 Å². The first-order valence-corrected chi connectivity index (χ1v) is 5.24. The Balaban J connectivity index is 2.06. The van der Waals surface area contributed by atoms with E-state index in [0.29, 0.717) is 17.3 Å². The summed E-state index contributed by atoms with van der Waals surface area (Å²) in [6, 6.07) is 2.09. The number of piperidine rings is 1. The zero-order chi connectivity index (χ0) is 10.7. The molecular weight excluding hydrogens is 190 g/mol. The number of aromatic amines is 1. The highest BCUT2D eigenvalue weighted by Crippen LogP contribution is 2.19. The molecule has 5 heteroatoms. The molecule has 1 aliphatic rings. The van der Waals surface area contributed by atoms with Gasteiger partial charge in [0.25, 0.3) is 0 Å². The molecule has 1 fully saturated rings. The summed E-state index contributed by atoms with van der Waals surface area (Å²) in [5.41, 5.74) is 6.97. The van der Waals surface area contributed by atoms with Gasteiger partial charge in [-0.05, 0) is 38.3 Å². The molecule has 1 aromatic rings. The van der Waals surface area contributed by atoms with Crippen molar-refractivity contribution in [2.24, 2.45) is 5.92 Å². The zero-order valence-corrected chi connectivity index (χ0v) is 8.58. The van der Waals surface area contributed by atoms with E-state index in [4.69, 9.17) is 11.0 Å². The highest BCUT2D eigenvalue weighted by molar-refractivity contribution is 5.50. The summed E-state index contributed by atoms with van der Waals surface area (Å²) in [5.74, 6) is 0.905. The number of hydrogen-bond donors (Lipinski definition) is 3. The Hall–Kier alpha value is -1.54. The van der Waals surface area contributed by atoms with E-state index in [9.17, 15) is 0 Å². The van der Waals surface area contributed by atoms with Crippen molar-refractivity contribution in [3.63, 3.8) is 0 Å². The molecule has 0 spiro atoms. The molecule has 1 aliphatic heterocycles. The maximum absolute atomic E-state index is 8.91. The smallest absolute Gasteiger partial charge is 0.163 e. The summed E-state index contributed by atoms with van der Waals surface area (Å²) < 4.78 is 0. The van der Waals surface area contributed by atoms with Gasteiger partial charge >= 0.3 is 0 Å². The largest absolute Gasteiger partial charge is 0.381 e. The molecule has 0 aromatic carbocycles. The van der Waals surface area contributed by atoms with E-state index in [-0.39, 0.29) is 0 Å². The Kier molecular flexibility index (Phi) is 2.88. The zero-order valence-electron chi connectivity index (χ0n) is 8.58. The molecule has 0 aliphatic carbocycles. The molecule has 15 heavy (non-hydrogen) atoms. The minimum atomic E-state index is 0.316. The van der Waals surface area contributed by atoms with Gasteiger partial charge in [-0.3, -0.25) is 5.10 Å². The summed E-state index contributed by atoms with van der Waals surface area (Å²) in [7, 11) is 0. The van der Waals surface area contributed by atoms with Crippen LogP contribution in [0.15, 0.2) is 0 Å². The highest BCUT2D eigenvalue weighted by Gasteiger charge is 2.18. The first-order chi connectivity index (χ1) is 7.31. The maximum atomic E-state index is 8.91. The van der Waals surface area contributed by atoms with Crippen LogP contribution in [0.2, 0.25) is 0 Å². The van der Waals surface area contributed by atoms with Crippen LogP contribution in [0.3, 0.4) is 0 Å². The number of aromatic nitrogens is 2. The monoisotopic (exact) mass is 205 g/mol. The lowest BCUT2D eigenvalue weighted by Crippen LogP contribution is -2.31. The molecule has 2 heterocycles. The predicted molar refractivity (Wildman–Crippen MR) is 57.0 cm³/mol. The molecule has 80 valence electrons. The van der Waals surface area contributed by atoms with Gasteiger partial charge < -0.3 is 11.1 Å². The molecule has 1 aromatic heterocycles. The first-order valence-electron chi connectivity index (χ1n) is 5.24. The molecule has 1 saturated heterocycles. The molecule has 0 radical (unpaired) electrons. The van der Waals surface area contributed by atoms with Gasteiger partial charge in [-0.1, -0.05) is 0 Å². The van der Waals surface area contributed by atoms with E-state index in [1.807, 2.05) is 0 Å². The summed E-state index contributed by atoms with van der Waals surface area (Å²) in [4.78, 5) is 0. The fraction of sp³-hybridized carbons (Fsp3) is 0.600. The normalized spacial score (nSPS) is 21.1. The van der Waals surface area contributed by atoms with Gasteiger partial charge in [0.2, 0.25) is 0 Å². The Labute approximate surface area is 88.7 Å². The lowest BCUT2D eigenvalue weighted by atomic mass is 9.93. The number of nitrogens with one attached hydrogen (secondary N) is 2. The third-order valence-electron chi connectivity index (χ3n) is 2.87. The lowest BCUT2D eigenvalue weighted by Gasteiger charge is -2.21. The molecule has 0 amide bonds. The third-order valence-corrected chi connectivity index (χ3v) is 2.87. The number of nitrogens with zero attached hydrogens (tertiary/aromatic N) is 2. The van der Waals surface area contributed by atoms with Gasteiger partial charge in [0.05, 0.1) is 5.69 Å². The highest BCUT2D eigenvalue weighted by atomic mass is 15.2. The summed E-state index contributed by atoms with van der Waals surface area (Å²) >= 11 is 0. The average Bonchev–Trinajstić information content (AvgIpc) is 2.61. The fourth-order valence-corrected chi connectivity index (χ4v) is 2.05. The van der Waals surface area contributed by atoms with Gasteiger partial charge in [0.15, 0.2) is 5.82 Å². The molecule has 0 saturated carbocycles. The van der Waals surface area contributed by atoms with Gasteiger partial charge in [-0.15, -0.1) is 0 Å². The van der Waals surface area contributed by atoms with Crippen LogP contribution in [0, 0.1) is 17.2 Å².